The van der Waals surface area contributed by atoms with Crippen molar-refractivity contribution in [3.8, 4) is 17.2 Å². The van der Waals surface area contributed by atoms with E-state index in [0.717, 1.165) is 24.3 Å². The Morgan fingerprint density at radius 3 is 2.42 bits per heavy atom. The van der Waals surface area contributed by atoms with Gasteiger partial charge in [-0.05, 0) is 48.5 Å². The van der Waals surface area contributed by atoms with Crippen LogP contribution in [0.3, 0.4) is 0 Å². The molecule has 0 aliphatic carbocycles. The number of oxazole rings is 1. The molecule has 4 rings (SSSR count). The lowest BCUT2D eigenvalue weighted by Gasteiger charge is -2.07. The van der Waals surface area contributed by atoms with Crippen molar-refractivity contribution in [3.05, 3.63) is 84.4 Å². The minimum Gasteiger partial charge on any atom is -0.497 e. The number of ether oxygens (including phenoxy) is 1. The molecular formula is C22H16F2N2O4S. The molecule has 0 saturated heterocycles. The zero-order valence-electron chi connectivity index (χ0n) is 16.2. The van der Waals surface area contributed by atoms with E-state index in [9.17, 15) is 17.2 Å². The van der Waals surface area contributed by atoms with Gasteiger partial charge in [0.25, 0.3) is 0 Å². The van der Waals surface area contributed by atoms with Gasteiger partial charge in [0.15, 0.2) is 0 Å². The van der Waals surface area contributed by atoms with Crippen LogP contribution in [0.4, 0.5) is 20.4 Å². The number of aromatic nitrogens is 1. The van der Waals surface area contributed by atoms with E-state index >= 15 is 0 Å². The molecule has 0 radical (unpaired) electrons. The third kappa shape index (κ3) is 4.13. The van der Waals surface area contributed by atoms with Crippen molar-refractivity contribution in [2.75, 3.05) is 12.4 Å². The predicted octanol–water partition coefficient (Wildman–Crippen LogP) is 5.20. The molecule has 0 spiro atoms. The van der Waals surface area contributed by atoms with E-state index < -0.39 is 26.5 Å². The van der Waals surface area contributed by atoms with Gasteiger partial charge in [0, 0.05) is 11.8 Å². The van der Waals surface area contributed by atoms with Crippen LogP contribution < -0.4 is 10.1 Å². The molecule has 0 amide bonds. The van der Waals surface area contributed by atoms with E-state index in [1.54, 1.807) is 30.3 Å². The molecule has 3 aromatic carbocycles. The minimum atomic E-state index is -4.21. The Morgan fingerprint density at radius 1 is 0.968 bits per heavy atom. The molecule has 0 aliphatic rings. The third-order valence-corrected chi connectivity index (χ3v) is 6.08. The van der Waals surface area contributed by atoms with Crippen LogP contribution in [-0.4, -0.2) is 20.5 Å². The summed E-state index contributed by atoms with van der Waals surface area (Å²) in [4.78, 5) is 3.88. The summed E-state index contributed by atoms with van der Waals surface area (Å²) >= 11 is 0. The van der Waals surface area contributed by atoms with Gasteiger partial charge >= 0.3 is 0 Å². The van der Waals surface area contributed by atoms with Crippen molar-refractivity contribution in [1.29, 1.82) is 0 Å². The number of hydrogen-bond donors (Lipinski definition) is 1. The standard InChI is InChI=1S/C22H16F2N2O4S/c1-29-16-6-4-5-15(13-16)25-21-22(31(27,28)17-11-9-14(23)10-12-17)26-20(30-21)18-7-2-3-8-19(18)24/h2-13,25H,1H3. The molecule has 0 unspecified atom stereocenters. The lowest BCUT2D eigenvalue weighted by Crippen LogP contribution is -2.05. The molecule has 1 heterocycles. The first-order valence-corrected chi connectivity index (χ1v) is 10.5. The van der Waals surface area contributed by atoms with Crippen molar-refractivity contribution in [1.82, 2.24) is 4.98 Å². The molecule has 0 aliphatic heterocycles. The average Bonchev–Trinajstić information content (AvgIpc) is 3.19. The van der Waals surface area contributed by atoms with Gasteiger partial charge in [0.1, 0.15) is 17.4 Å². The van der Waals surface area contributed by atoms with Crippen LogP contribution in [0.5, 0.6) is 5.75 Å². The van der Waals surface area contributed by atoms with Crippen LogP contribution in [0.15, 0.2) is 87.1 Å². The fourth-order valence-electron chi connectivity index (χ4n) is 2.87. The summed E-state index contributed by atoms with van der Waals surface area (Å²) in [5.74, 6) is -1.11. The topological polar surface area (TPSA) is 81.4 Å². The third-order valence-electron chi connectivity index (χ3n) is 4.41. The molecule has 31 heavy (non-hydrogen) atoms. The smallest absolute Gasteiger partial charge is 0.238 e. The zero-order valence-corrected chi connectivity index (χ0v) is 17.0. The van der Waals surface area contributed by atoms with E-state index in [0.29, 0.717) is 11.4 Å². The van der Waals surface area contributed by atoms with Gasteiger partial charge in [-0.2, -0.15) is 4.98 Å². The average molecular weight is 442 g/mol. The first-order valence-electron chi connectivity index (χ1n) is 9.06. The number of nitrogens with zero attached hydrogens (tertiary/aromatic N) is 1. The summed E-state index contributed by atoms with van der Waals surface area (Å²) in [6.07, 6.45) is 0. The second-order valence-electron chi connectivity index (χ2n) is 6.45. The van der Waals surface area contributed by atoms with Gasteiger partial charge in [-0.15, -0.1) is 0 Å². The Balaban J connectivity index is 1.86. The number of methoxy groups -OCH3 is 1. The van der Waals surface area contributed by atoms with Crippen molar-refractivity contribution >= 4 is 21.4 Å². The molecule has 0 atom stereocenters. The maximum atomic E-state index is 14.3. The molecule has 4 aromatic rings. The van der Waals surface area contributed by atoms with Gasteiger partial charge in [-0.3, -0.25) is 0 Å². The number of hydrogen-bond acceptors (Lipinski definition) is 6. The largest absolute Gasteiger partial charge is 0.497 e. The SMILES string of the molecule is COc1cccc(Nc2oc(-c3ccccc3F)nc2S(=O)(=O)c2ccc(F)cc2)c1. The fraction of sp³-hybridized carbons (Fsp3) is 0.0455. The Bertz CT molecular complexity index is 1340. The Kier molecular flexibility index (Phi) is 5.43. The van der Waals surface area contributed by atoms with E-state index in [-0.39, 0.29) is 22.2 Å². The number of anilines is 2. The second kappa shape index (κ2) is 8.19. The normalized spacial score (nSPS) is 11.3. The lowest BCUT2D eigenvalue weighted by molar-refractivity contribution is 0.415. The van der Waals surface area contributed by atoms with Crippen LogP contribution in [0.25, 0.3) is 11.5 Å². The van der Waals surface area contributed by atoms with Crippen molar-refractivity contribution < 1.29 is 26.4 Å². The molecule has 158 valence electrons. The maximum absolute atomic E-state index is 14.3. The van der Waals surface area contributed by atoms with Crippen LogP contribution in [0.2, 0.25) is 0 Å². The highest BCUT2D eigenvalue weighted by Gasteiger charge is 2.29. The summed E-state index contributed by atoms with van der Waals surface area (Å²) in [5.41, 5.74) is 0.461. The highest BCUT2D eigenvalue weighted by molar-refractivity contribution is 7.91. The molecule has 0 bridgehead atoms. The monoisotopic (exact) mass is 442 g/mol. The number of benzene rings is 3. The van der Waals surface area contributed by atoms with Crippen LogP contribution in [0.1, 0.15) is 0 Å². The van der Waals surface area contributed by atoms with Gasteiger partial charge < -0.3 is 14.5 Å². The highest BCUT2D eigenvalue weighted by atomic mass is 32.2. The fourth-order valence-corrected chi connectivity index (χ4v) is 4.13. The van der Waals surface area contributed by atoms with Crippen LogP contribution in [-0.2, 0) is 9.84 Å². The van der Waals surface area contributed by atoms with Gasteiger partial charge in [0.05, 0.1) is 17.6 Å². The van der Waals surface area contributed by atoms with E-state index in [2.05, 4.69) is 10.3 Å². The van der Waals surface area contributed by atoms with Gasteiger partial charge in [-0.25, -0.2) is 17.2 Å². The quantitative estimate of drug-likeness (QED) is 0.413. The molecule has 1 aromatic heterocycles. The number of rotatable bonds is 6. The van der Waals surface area contributed by atoms with E-state index in [1.807, 2.05) is 0 Å². The number of nitrogens with one attached hydrogen (secondary N) is 1. The molecule has 1 N–H and O–H groups in total. The first-order chi connectivity index (χ1) is 14.9. The predicted molar refractivity (Wildman–Crippen MR) is 110 cm³/mol. The number of halogens is 2. The molecule has 6 nitrogen and oxygen atoms in total. The minimum absolute atomic E-state index is 0.00301. The zero-order chi connectivity index (χ0) is 22.0. The second-order valence-corrected chi connectivity index (χ2v) is 8.31. The van der Waals surface area contributed by atoms with Crippen LogP contribution in [0, 0.1) is 11.6 Å². The van der Waals surface area contributed by atoms with Gasteiger partial charge in [-0.1, -0.05) is 18.2 Å². The first kappa shape index (κ1) is 20.5. The summed E-state index contributed by atoms with van der Waals surface area (Å²) in [6.45, 7) is 0. The van der Waals surface area contributed by atoms with Crippen molar-refractivity contribution in [3.63, 3.8) is 0 Å². The Morgan fingerprint density at radius 2 is 1.71 bits per heavy atom. The Hall–Kier alpha value is -3.72. The van der Waals surface area contributed by atoms with E-state index in [1.165, 1.54) is 25.3 Å². The van der Waals surface area contributed by atoms with Crippen molar-refractivity contribution in [2.24, 2.45) is 0 Å². The summed E-state index contributed by atoms with van der Waals surface area (Å²) in [6, 6.07) is 16.7. The van der Waals surface area contributed by atoms with E-state index in [4.69, 9.17) is 9.15 Å². The molecule has 9 heteroatoms. The summed E-state index contributed by atoms with van der Waals surface area (Å²) < 4.78 is 64.8. The highest BCUT2D eigenvalue weighted by Crippen LogP contribution is 2.35. The molecule has 0 saturated carbocycles. The molecular weight excluding hydrogens is 426 g/mol. The van der Waals surface area contributed by atoms with Gasteiger partial charge in [0.2, 0.25) is 26.6 Å². The van der Waals surface area contributed by atoms with Crippen molar-refractivity contribution in [2.45, 2.75) is 9.92 Å². The summed E-state index contributed by atoms with van der Waals surface area (Å²) in [7, 11) is -2.72. The molecule has 0 fully saturated rings. The maximum Gasteiger partial charge on any atom is 0.238 e. The van der Waals surface area contributed by atoms with Crippen LogP contribution >= 0.6 is 0 Å². The summed E-state index contributed by atoms with van der Waals surface area (Å²) in [5, 5.41) is 2.40. The number of sulfone groups is 1. The Labute approximate surface area is 177 Å². The lowest BCUT2D eigenvalue weighted by atomic mass is 10.2.